The van der Waals surface area contributed by atoms with Crippen molar-refractivity contribution in [2.45, 2.75) is 6.92 Å². The summed E-state index contributed by atoms with van der Waals surface area (Å²) < 4.78 is 4.24. The van der Waals surface area contributed by atoms with Crippen LogP contribution in [-0.4, -0.2) is 29.4 Å². The molecule has 0 aliphatic heterocycles. The molecule has 4 heteroatoms. The molecule has 54 valence electrons. The number of thioether (sulfide) groups is 1. The largest absolute Gasteiger partial charge is 0.505 e. The lowest BCUT2D eigenvalue weighted by molar-refractivity contribution is 0.0975. The molecule has 0 aliphatic rings. The Morgan fingerprint density at radius 1 is 1.78 bits per heavy atom. The number of ether oxygens (including phenoxy) is 1. The molecule has 0 unspecified atom stereocenters. The normalized spacial score (nSPS) is 9.00. The van der Waals surface area contributed by atoms with Gasteiger partial charge in [-0.25, -0.2) is 4.79 Å². The average molecular weight is 150 g/mol. The first-order valence-electron chi connectivity index (χ1n) is 2.70. The van der Waals surface area contributed by atoms with Crippen molar-refractivity contribution in [3.05, 3.63) is 0 Å². The lowest BCUT2D eigenvalue weighted by atomic mass is 10.9. The van der Waals surface area contributed by atoms with Gasteiger partial charge in [-0.1, -0.05) is 6.92 Å². The summed E-state index contributed by atoms with van der Waals surface area (Å²) >= 11 is 1.66. The van der Waals surface area contributed by atoms with Crippen LogP contribution in [0, 0.1) is 0 Å². The van der Waals surface area contributed by atoms with Crippen LogP contribution in [0.15, 0.2) is 0 Å². The van der Waals surface area contributed by atoms with Crippen LogP contribution in [0.1, 0.15) is 6.92 Å². The van der Waals surface area contributed by atoms with E-state index in [-0.39, 0.29) is 0 Å². The summed E-state index contributed by atoms with van der Waals surface area (Å²) in [4.78, 5) is 9.73. The molecule has 0 radical (unpaired) electrons. The molecule has 0 saturated carbocycles. The van der Waals surface area contributed by atoms with Gasteiger partial charge < -0.3 is 9.84 Å². The van der Waals surface area contributed by atoms with Gasteiger partial charge in [-0.15, -0.1) is 0 Å². The lowest BCUT2D eigenvalue weighted by Crippen LogP contribution is -2.03. The Morgan fingerprint density at radius 3 is 2.89 bits per heavy atom. The zero-order valence-corrected chi connectivity index (χ0v) is 6.11. The van der Waals surface area contributed by atoms with Gasteiger partial charge in [0.15, 0.2) is 0 Å². The molecule has 0 aromatic rings. The maximum Gasteiger partial charge on any atom is 0.505 e. The highest BCUT2D eigenvalue weighted by atomic mass is 32.2. The van der Waals surface area contributed by atoms with Gasteiger partial charge in [0, 0.05) is 5.75 Å². The molecule has 3 nitrogen and oxygen atoms in total. The Morgan fingerprint density at radius 2 is 2.44 bits per heavy atom. The molecular weight excluding hydrogens is 140 g/mol. The summed E-state index contributed by atoms with van der Waals surface area (Å²) in [5.74, 6) is 1.76. The molecule has 9 heavy (non-hydrogen) atoms. The van der Waals surface area contributed by atoms with E-state index in [1.807, 2.05) is 6.92 Å². The van der Waals surface area contributed by atoms with Gasteiger partial charge in [-0.2, -0.15) is 11.8 Å². The standard InChI is InChI=1S/C5H10O3S/c1-2-9-4-3-8-5(6)7/h2-4H2,1H3,(H,6,7). The van der Waals surface area contributed by atoms with Crippen molar-refractivity contribution in [1.29, 1.82) is 0 Å². The van der Waals surface area contributed by atoms with Crippen LogP contribution in [-0.2, 0) is 4.74 Å². The van der Waals surface area contributed by atoms with Crippen molar-refractivity contribution in [3.8, 4) is 0 Å². The predicted molar refractivity (Wildman–Crippen MR) is 37.0 cm³/mol. The number of rotatable bonds is 4. The van der Waals surface area contributed by atoms with Crippen LogP contribution in [0.4, 0.5) is 4.79 Å². The Balaban J connectivity index is 2.83. The Hall–Kier alpha value is -0.380. The van der Waals surface area contributed by atoms with Crippen molar-refractivity contribution < 1.29 is 14.6 Å². The van der Waals surface area contributed by atoms with E-state index in [2.05, 4.69) is 4.74 Å². The second-order valence-corrected chi connectivity index (χ2v) is 2.71. The van der Waals surface area contributed by atoms with Crippen LogP contribution in [0.3, 0.4) is 0 Å². The third-order valence-corrected chi connectivity index (χ3v) is 1.52. The minimum atomic E-state index is -1.19. The van der Waals surface area contributed by atoms with Crippen LogP contribution < -0.4 is 0 Å². The van der Waals surface area contributed by atoms with E-state index in [9.17, 15) is 4.79 Å². The Bertz CT molecular complexity index is 84.3. The minimum Gasteiger partial charge on any atom is -0.450 e. The molecule has 0 amide bonds. The molecule has 0 bridgehead atoms. The smallest absolute Gasteiger partial charge is 0.450 e. The van der Waals surface area contributed by atoms with Crippen molar-refractivity contribution in [3.63, 3.8) is 0 Å². The SMILES string of the molecule is CCSCCOC(=O)O. The highest BCUT2D eigenvalue weighted by molar-refractivity contribution is 7.99. The Labute approximate surface area is 58.4 Å². The first-order valence-corrected chi connectivity index (χ1v) is 3.86. The first-order chi connectivity index (χ1) is 4.27. The summed E-state index contributed by atoms with van der Waals surface area (Å²) in [6, 6.07) is 0. The number of carboxylic acid groups (broad SMARTS) is 1. The van der Waals surface area contributed by atoms with E-state index in [4.69, 9.17) is 5.11 Å². The van der Waals surface area contributed by atoms with Gasteiger partial charge in [-0.05, 0) is 5.75 Å². The summed E-state index contributed by atoms with van der Waals surface area (Å²) in [6.45, 7) is 2.32. The highest BCUT2D eigenvalue weighted by Crippen LogP contribution is 1.96. The molecule has 0 heterocycles. The fraction of sp³-hybridized carbons (Fsp3) is 0.800. The summed E-state index contributed by atoms with van der Waals surface area (Å²) in [5, 5.41) is 7.98. The van der Waals surface area contributed by atoms with E-state index in [0.29, 0.717) is 6.61 Å². The monoisotopic (exact) mass is 150 g/mol. The fourth-order valence-electron chi connectivity index (χ4n) is 0.332. The fourth-order valence-corrected chi connectivity index (χ4v) is 0.822. The minimum absolute atomic E-state index is 0.299. The topological polar surface area (TPSA) is 46.5 Å². The van der Waals surface area contributed by atoms with Crippen LogP contribution in [0.5, 0.6) is 0 Å². The third kappa shape index (κ3) is 7.62. The Kier molecular flexibility index (Phi) is 5.51. The molecular formula is C5H10O3S. The summed E-state index contributed by atoms with van der Waals surface area (Å²) in [5.41, 5.74) is 0. The van der Waals surface area contributed by atoms with E-state index < -0.39 is 6.16 Å². The van der Waals surface area contributed by atoms with Gasteiger partial charge in [0.25, 0.3) is 0 Å². The summed E-state index contributed by atoms with van der Waals surface area (Å²) in [7, 11) is 0. The number of hydrogen-bond donors (Lipinski definition) is 1. The molecule has 0 spiro atoms. The second kappa shape index (κ2) is 5.75. The molecule has 0 saturated heterocycles. The second-order valence-electron chi connectivity index (χ2n) is 1.31. The van der Waals surface area contributed by atoms with Crippen LogP contribution in [0.2, 0.25) is 0 Å². The van der Waals surface area contributed by atoms with Crippen molar-refractivity contribution in [2.75, 3.05) is 18.1 Å². The van der Waals surface area contributed by atoms with Gasteiger partial charge in [0.1, 0.15) is 6.61 Å². The molecule has 0 aromatic carbocycles. The maximum atomic E-state index is 9.73. The van der Waals surface area contributed by atoms with Gasteiger partial charge in [0.05, 0.1) is 0 Å². The molecule has 1 N–H and O–H groups in total. The van der Waals surface area contributed by atoms with Crippen molar-refractivity contribution >= 4 is 17.9 Å². The van der Waals surface area contributed by atoms with Crippen LogP contribution >= 0.6 is 11.8 Å². The van der Waals surface area contributed by atoms with Crippen molar-refractivity contribution in [1.82, 2.24) is 0 Å². The first kappa shape index (κ1) is 8.62. The van der Waals surface area contributed by atoms with E-state index in [1.54, 1.807) is 11.8 Å². The quantitative estimate of drug-likeness (QED) is 0.486. The summed E-state index contributed by atoms with van der Waals surface area (Å²) in [6.07, 6.45) is -1.19. The van der Waals surface area contributed by atoms with Gasteiger partial charge in [-0.3, -0.25) is 0 Å². The van der Waals surface area contributed by atoms with Gasteiger partial charge >= 0.3 is 6.16 Å². The molecule has 0 atom stereocenters. The predicted octanol–water partition coefficient (Wildman–Crippen LogP) is 1.43. The van der Waals surface area contributed by atoms with Gasteiger partial charge in [0.2, 0.25) is 0 Å². The molecule has 0 fully saturated rings. The number of carbonyl (C=O) groups is 1. The average Bonchev–Trinajstić information content (AvgIpc) is 1.80. The van der Waals surface area contributed by atoms with E-state index in [0.717, 1.165) is 11.5 Å². The molecule has 0 rings (SSSR count). The van der Waals surface area contributed by atoms with E-state index in [1.165, 1.54) is 0 Å². The number of hydrogen-bond acceptors (Lipinski definition) is 3. The third-order valence-electron chi connectivity index (χ3n) is 0.657. The molecule has 0 aromatic heterocycles. The lowest BCUT2D eigenvalue weighted by Gasteiger charge is -1.96. The van der Waals surface area contributed by atoms with Crippen LogP contribution in [0.25, 0.3) is 0 Å². The highest BCUT2D eigenvalue weighted by Gasteiger charge is 1.93. The zero-order valence-electron chi connectivity index (χ0n) is 5.29. The molecule has 0 aliphatic carbocycles. The van der Waals surface area contributed by atoms with Crippen molar-refractivity contribution in [2.24, 2.45) is 0 Å². The zero-order chi connectivity index (χ0) is 7.11. The van der Waals surface area contributed by atoms with E-state index >= 15 is 0 Å². The maximum absolute atomic E-state index is 9.73.